The molecule has 0 bridgehead atoms. The SMILES string of the molecule is CC(C)(C)c1cc(C(C)(C)C)c2c(c1F)COP(=O)(OC[C@H]1O[C@@H](n3c[c]([Sn]([CH3])([CH3])[CH3])c(=O)[nH]c3=O)C[C@@H]1OP1(=O)OCc3c(F)c(C(C)(C)C)cc(C(C)(C)C)c3O1)O2. The minimum atomic E-state index is -4.55. The van der Waals surface area contributed by atoms with E-state index in [0.717, 1.165) is 0 Å². The molecule has 0 spiro atoms. The number of halogens is 2. The van der Waals surface area contributed by atoms with Gasteiger partial charge in [-0.2, -0.15) is 0 Å². The number of fused-ring (bicyclic) bond motifs is 2. The summed E-state index contributed by atoms with van der Waals surface area (Å²) in [5.41, 5.74) is -1.15. The fourth-order valence-electron chi connectivity index (χ4n) is 7.44. The van der Waals surface area contributed by atoms with Crippen molar-refractivity contribution in [3.05, 3.63) is 84.2 Å². The molecule has 0 saturated carbocycles. The first-order valence-electron chi connectivity index (χ1n) is 20.2. The predicted molar refractivity (Wildman–Crippen MR) is 227 cm³/mol. The van der Waals surface area contributed by atoms with E-state index in [1.165, 1.54) is 10.8 Å². The summed E-state index contributed by atoms with van der Waals surface area (Å²) in [6.07, 6.45) is -2.15. The Bertz CT molecular complexity index is 2420. The van der Waals surface area contributed by atoms with Gasteiger partial charge in [-0.3, -0.25) is 0 Å². The van der Waals surface area contributed by atoms with E-state index in [2.05, 4.69) is 4.98 Å². The van der Waals surface area contributed by atoms with Gasteiger partial charge < -0.3 is 0 Å². The fraction of sp³-hybridized carbons (Fsp3) is 0.619. The zero-order valence-electron chi connectivity index (χ0n) is 37.4. The molecule has 2 unspecified atom stereocenters. The Kier molecular flexibility index (Phi) is 12.3. The summed E-state index contributed by atoms with van der Waals surface area (Å²) < 4.78 is 104. The number of nitrogens with one attached hydrogen (secondary N) is 1. The van der Waals surface area contributed by atoms with Crippen molar-refractivity contribution in [3.63, 3.8) is 0 Å². The summed E-state index contributed by atoms with van der Waals surface area (Å²) in [5.74, 6) is -0.952. The molecule has 0 radical (unpaired) electrons. The number of hydrogen-bond acceptors (Lipinski definition) is 11. The van der Waals surface area contributed by atoms with Crippen LogP contribution < -0.4 is 23.9 Å². The first kappa shape index (κ1) is 47.1. The van der Waals surface area contributed by atoms with Gasteiger partial charge in [0.05, 0.1) is 0 Å². The summed E-state index contributed by atoms with van der Waals surface area (Å²) in [6, 6.07) is 3.44. The Hall–Kier alpha value is -2.36. The van der Waals surface area contributed by atoms with Gasteiger partial charge in [-0.05, 0) is 33.4 Å². The van der Waals surface area contributed by atoms with Gasteiger partial charge in [-0.1, -0.05) is 83.1 Å². The molecule has 18 heteroatoms. The molecule has 1 fully saturated rings. The van der Waals surface area contributed by atoms with E-state index in [1.54, 1.807) is 12.1 Å². The number of aromatic amines is 1. The van der Waals surface area contributed by atoms with E-state index < -0.39 is 117 Å². The van der Waals surface area contributed by atoms with Crippen molar-refractivity contribution in [2.75, 3.05) is 6.61 Å². The maximum atomic E-state index is 16.1. The number of hydrogen-bond donors (Lipinski definition) is 1. The van der Waals surface area contributed by atoms with Gasteiger partial charge in [0.15, 0.2) is 0 Å². The van der Waals surface area contributed by atoms with Crippen LogP contribution >= 0.6 is 15.6 Å². The van der Waals surface area contributed by atoms with Crippen molar-refractivity contribution in [3.8, 4) is 11.5 Å². The zero-order valence-corrected chi connectivity index (χ0v) is 42.0. The molecular weight excluding hydrogens is 927 g/mol. The topological polar surface area (TPSA) is 154 Å². The van der Waals surface area contributed by atoms with Crippen molar-refractivity contribution >= 4 is 37.6 Å². The molecule has 13 nitrogen and oxygen atoms in total. The van der Waals surface area contributed by atoms with Crippen molar-refractivity contribution < 1.29 is 49.8 Å². The molecule has 60 heavy (non-hydrogen) atoms. The normalized spacial score (nSPS) is 25.1. The standard InChI is InChI=1S/C39H51F2N2O11P2.3CH3.Sn/c1-36(2,3)23-15-25(38(7,8)9)33-21(31(23)40)18-48-55(46,53-33)50-20-28-27(17-30(51-28)43-14-13-29(44)42-35(43)45)52-56(47)49-19-22-32(41)24(37(4,5)6)16-26(34(22)54-56)39(10,11)12;;;;/h14-16,27-28,30H,17-20H2,1-12H3,(H,42,44,45);3*1H3;/t27-,28+,30+,55?,56?;;;;/m0..../s1. The zero-order chi connectivity index (χ0) is 44.9. The third-order valence-electron chi connectivity index (χ3n) is 10.9. The van der Waals surface area contributed by atoms with E-state index in [1.807, 2.05) is 97.9 Å². The van der Waals surface area contributed by atoms with Crippen LogP contribution in [0.1, 0.15) is 129 Å². The Morgan fingerprint density at radius 3 is 1.65 bits per heavy atom. The van der Waals surface area contributed by atoms with Gasteiger partial charge in [0, 0.05) is 0 Å². The van der Waals surface area contributed by atoms with Crippen LogP contribution in [0.25, 0.3) is 0 Å². The average Bonchev–Trinajstić information content (AvgIpc) is 3.45. The molecule has 1 saturated heterocycles. The maximum absolute atomic E-state index is 16.1. The molecule has 4 heterocycles. The van der Waals surface area contributed by atoms with Crippen LogP contribution in [0, 0.1) is 11.6 Å². The van der Waals surface area contributed by atoms with Crippen LogP contribution in [-0.2, 0) is 66.8 Å². The van der Waals surface area contributed by atoms with Gasteiger partial charge in [0.1, 0.15) is 5.82 Å². The summed E-state index contributed by atoms with van der Waals surface area (Å²) >= 11 is -3.11. The summed E-state index contributed by atoms with van der Waals surface area (Å²) in [7, 11) is -9.02. The van der Waals surface area contributed by atoms with Gasteiger partial charge in [-0.15, -0.1) is 0 Å². The molecule has 6 rings (SSSR count). The molecule has 2 aromatic carbocycles. The first-order valence-corrected chi connectivity index (χ1v) is 33.1. The molecule has 0 aliphatic carbocycles. The van der Waals surface area contributed by atoms with Crippen LogP contribution in [0.4, 0.5) is 8.78 Å². The molecule has 1 aromatic heterocycles. The van der Waals surface area contributed by atoms with E-state index in [-0.39, 0.29) is 29.0 Å². The van der Waals surface area contributed by atoms with Gasteiger partial charge in [-0.25, -0.2) is 8.78 Å². The third-order valence-corrected chi connectivity index (χ3v) is 19.2. The molecule has 3 aliphatic rings. The quantitative estimate of drug-likeness (QED) is 0.178. The Morgan fingerprint density at radius 2 is 1.20 bits per heavy atom. The first-order chi connectivity index (χ1) is 27.2. The fourth-order valence-corrected chi connectivity index (χ4v) is 13.7. The molecule has 3 aliphatic heterocycles. The van der Waals surface area contributed by atoms with Crippen molar-refractivity contribution in [2.45, 2.75) is 158 Å². The molecular formula is C42H60F2N2O11P2Sn. The molecule has 0 amide bonds. The van der Waals surface area contributed by atoms with Crippen molar-refractivity contribution in [2.24, 2.45) is 0 Å². The Morgan fingerprint density at radius 1 is 0.750 bits per heavy atom. The number of phosphoric ester groups is 2. The van der Waals surface area contributed by atoms with Crippen LogP contribution in [0.3, 0.4) is 0 Å². The molecule has 3 aromatic rings. The molecule has 5 atom stereocenters. The minimum absolute atomic E-state index is 0.0497. The van der Waals surface area contributed by atoms with Crippen molar-refractivity contribution in [1.82, 2.24) is 9.55 Å². The number of benzene rings is 2. The Labute approximate surface area is 355 Å². The van der Waals surface area contributed by atoms with Gasteiger partial charge in [0.25, 0.3) is 0 Å². The number of rotatable bonds is 7. The second-order valence-electron chi connectivity index (χ2n) is 21.1. The van der Waals surface area contributed by atoms with Crippen molar-refractivity contribution in [1.29, 1.82) is 0 Å². The average molecular weight is 988 g/mol. The predicted octanol–water partition coefficient (Wildman–Crippen LogP) is 9.67. The molecule has 1 N–H and O–H groups in total. The van der Waals surface area contributed by atoms with Crippen LogP contribution in [0.2, 0.25) is 14.8 Å². The summed E-state index contributed by atoms with van der Waals surface area (Å²) in [5, 5.41) is 0. The number of ether oxygens (including phenoxy) is 1. The summed E-state index contributed by atoms with van der Waals surface area (Å²) in [4.78, 5) is 34.6. The third kappa shape index (κ3) is 9.44. The summed E-state index contributed by atoms with van der Waals surface area (Å²) in [6.45, 7) is 21.5. The second kappa shape index (κ2) is 15.7. The number of H-pyrrole nitrogens is 1. The van der Waals surface area contributed by atoms with E-state index in [4.69, 9.17) is 31.9 Å². The van der Waals surface area contributed by atoms with E-state index >= 15 is 8.78 Å². The number of nitrogens with zero attached hydrogens (tertiary/aromatic N) is 1. The van der Waals surface area contributed by atoms with Crippen LogP contribution in [0.5, 0.6) is 11.5 Å². The number of phosphoric acid groups is 2. The second-order valence-corrected chi connectivity index (χ2v) is 38.6. The van der Waals surface area contributed by atoms with Crippen LogP contribution in [-0.4, -0.2) is 46.7 Å². The molecule has 332 valence electrons. The van der Waals surface area contributed by atoms with E-state index in [9.17, 15) is 18.7 Å². The monoisotopic (exact) mass is 988 g/mol. The Balaban J connectivity index is 1.35. The van der Waals surface area contributed by atoms with E-state index in [0.29, 0.717) is 25.8 Å². The van der Waals surface area contributed by atoms with Gasteiger partial charge in [0.2, 0.25) is 0 Å². The van der Waals surface area contributed by atoms with Crippen LogP contribution in [0.15, 0.2) is 27.9 Å². The van der Waals surface area contributed by atoms with Gasteiger partial charge >= 0.3 is 226 Å². The number of aromatic nitrogens is 2.